The lowest BCUT2D eigenvalue weighted by atomic mass is 10.3. The molecule has 0 spiro atoms. The first-order chi connectivity index (χ1) is 5.20. The molecule has 0 heterocycles. The van der Waals surface area contributed by atoms with Crippen LogP contribution in [0.15, 0.2) is 12.2 Å². The number of allylic oxidation sites excluding steroid dienone is 1. The maximum atomic E-state index is 10.4. The molecule has 11 heavy (non-hydrogen) atoms. The molecule has 0 aliphatic heterocycles. The molecular formula is C7H8BrNO2. The molecule has 0 N–H and O–H groups in total. The fourth-order valence-corrected chi connectivity index (χ4v) is 0.678. The van der Waals surface area contributed by atoms with Crippen molar-refractivity contribution in [1.82, 2.24) is 0 Å². The van der Waals surface area contributed by atoms with E-state index in [0.29, 0.717) is 5.33 Å². The Morgan fingerprint density at radius 1 is 1.91 bits per heavy atom. The van der Waals surface area contributed by atoms with Crippen LogP contribution in [0.2, 0.25) is 0 Å². The summed E-state index contributed by atoms with van der Waals surface area (Å²) in [5, 5.41) is 9.05. The second kappa shape index (κ2) is 5.93. The molecule has 0 aliphatic carbocycles. The molecule has 0 aromatic heterocycles. The number of halogens is 1. The van der Waals surface area contributed by atoms with Crippen molar-refractivity contribution in [3.8, 4) is 6.07 Å². The Balaban J connectivity index is 3.88. The highest BCUT2D eigenvalue weighted by atomic mass is 79.9. The first kappa shape index (κ1) is 10.2. The van der Waals surface area contributed by atoms with Gasteiger partial charge in [-0.25, -0.2) is 0 Å². The maximum Gasteiger partial charge on any atom is 0.304 e. The zero-order chi connectivity index (χ0) is 8.69. The van der Waals surface area contributed by atoms with E-state index in [1.165, 1.54) is 13.0 Å². The summed E-state index contributed by atoms with van der Waals surface area (Å²) in [5.74, 6) is -0.448. The largest absolute Gasteiger partial charge is 0.443 e. The Hall–Kier alpha value is -0.820. The Kier molecular flexibility index (Phi) is 5.49. The third kappa shape index (κ3) is 5.62. The topological polar surface area (TPSA) is 50.1 Å². The van der Waals surface area contributed by atoms with E-state index in [0.717, 1.165) is 0 Å². The number of esters is 1. The van der Waals surface area contributed by atoms with Crippen molar-refractivity contribution < 1.29 is 9.53 Å². The highest BCUT2D eigenvalue weighted by Gasteiger charge is 2.03. The van der Waals surface area contributed by atoms with Crippen molar-refractivity contribution >= 4 is 21.9 Å². The summed E-state index contributed by atoms with van der Waals surface area (Å²) in [6.45, 7) is 1.27. The lowest BCUT2D eigenvalue weighted by Gasteiger charge is -2.01. The van der Waals surface area contributed by atoms with Gasteiger partial charge in [0.1, 0.15) is 6.07 Å². The molecular weight excluding hydrogens is 210 g/mol. The van der Waals surface area contributed by atoms with Crippen molar-refractivity contribution in [3.63, 3.8) is 0 Å². The van der Waals surface area contributed by atoms with Crippen molar-refractivity contribution in [1.29, 1.82) is 5.26 Å². The predicted octanol–water partition coefficient (Wildman–Crippen LogP) is 1.39. The van der Waals surface area contributed by atoms with Gasteiger partial charge in [0.25, 0.3) is 0 Å². The second-order valence-corrected chi connectivity index (χ2v) is 2.39. The van der Waals surface area contributed by atoms with Gasteiger partial charge in [-0.05, 0) is 6.08 Å². The number of carbonyl (C=O) groups excluding carboxylic acids is 1. The van der Waals surface area contributed by atoms with E-state index in [1.54, 1.807) is 6.08 Å². The minimum absolute atomic E-state index is 0.448. The zero-order valence-electron chi connectivity index (χ0n) is 6.08. The van der Waals surface area contributed by atoms with E-state index in [9.17, 15) is 4.79 Å². The molecule has 4 heteroatoms. The van der Waals surface area contributed by atoms with Gasteiger partial charge in [-0.2, -0.15) is 5.26 Å². The van der Waals surface area contributed by atoms with Gasteiger partial charge < -0.3 is 4.74 Å². The molecule has 3 nitrogen and oxygen atoms in total. The van der Waals surface area contributed by atoms with Crippen LogP contribution in [0.5, 0.6) is 0 Å². The number of ether oxygens (including phenoxy) is 1. The molecule has 1 unspecified atom stereocenters. The van der Waals surface area contributed by atoms with Gasteiger partial charge in [0, 0.05) is 12.3 Å². The highest BCUT2D eigenvalue weighted by molar-refractivity contribution is 9.09. The highest BCUT2D eigenvalue weighted by Crippen LogP contribution is 1.94. The number of hydrogen-bond acceptors (Lipinski definition) is 3. The smallest absolute Gasteiger partial charge is 0.304 e. The zero-order valence-corrected chi connectivity index (χ0v) is 7.67. The number of rotatable bonds is 3. The Labute approximate surface area is 73.8 Å². The predicted molar refractivity (Wildman–Crippen MR) is 44.1 cm³/mol. The van der Waals surface area contributed by atoms with Crippen molar-refractivity contribution in [2.24, 2.45) is 0 Å². The lowest BCUT2D eigenvalue weighted by Crippen LogP contribution is -2.10. The van der Waals surface area contributed by atoms with E-state index in [-0.39, 0.29) is 0 Å². The molecule has 0 fully saturated rings. The fraction of sp³-hybridized carbons (Fsp3) is 0.429. The van der Waals surface area contributed by atoms with Crippen LogP contribution >= 0.6 is 15.9 Å². The standard InChI is InChI=1S/C7H8BrNO2/c1-6(10)11-7(5-9)3-2-4-8/h2-3,7H,4H2,1H3/b3-2+. The summed E-state index contributed by atoms with van der Waals surface area (Å²) in [6, 6.07) is 1.82. The SMILES string of the molecule is CC(=O)OC(C#N)/C=C/CBr. The maximum absolute atomic E-state index is 10.4. The van der Waals surface area contributed by atoms with E-state index < -0.39 is 12.1 Å². The molecule has 0 saturated heterocycles. The first-order valence-corrected chi connectivity index (χ1v) is 4.12. The van der Waals surface area contributed by atoms with Crippen LogP contribution in [0.25, 0.3) is 0 Å². The first-order valence-electron chi connectivity index (χ1n) is 3.00. The van der Waals surface area contributed by atoms with Gasteiger partial charge in [-0.1, -0.05) is 22.0 Å². The summed E-state index contributed by atoms with van der Waals surface area (Å²) in [4.78, 5) is 10.4. The van der Waals surface area contributed by atoms with Crippen LogP contribution in [0.1, 0.15) is 6.92 Å². The molecule has 0 radical (unpaired) electrons. The van der Waals surface area contributed by atoms with Gasteiger partial charge in [0.2, 0.25) is 6.10 Å². The average molecular weight is 218 g/mol. The van der Waals surface area contributed by atoms with Gasteiger partial charge in [0.15, 0.2) is 0 Å². The van der Waals surface area contributed by atoms with Crippen molar-refractivity contribution in [3.05, 3.63) is 12.2 Å². The summed E-state index contributed by atoms with van der Waals surface area (Å²) in [6.07, 6.45) is 2.47. The third-order valence-corrected chi connectivity index (χ3v) is 1.19. The molecule has 0 aromatic carbocycles. The molecule has 0 bridgehead atoms. The summed E-state index contributed by atoms with van der Waals surface area (Å²) in [5.41, 5.74) is 0. The Morgan fingerprint density at radius 2 is 2.55 bits per heavy atom. The summed E-state index contributed by atoms with van der Waals surface area (Å²) < 4.78 is 4.59. The molecule has 0 aromatic rings. The van der Waals surface area contributed by atoms with Gasteiger partial charge in [-0.15, -0.1) is 0 Å². The fourth-order valence-electron chi connectivity index (χ4n) is 0.463. The summed E-state index contributed by atoms with van der Waals surface area (Å²) >= 11 is 3.14. The summed E-state index contributed by atoms with van der Waals surface area (Å²) in [7, 11) is 0. The molecule has 0 amide bonds. The van der Waals surface area contributed by atoms with E-state index in [4.69, 9.17) is 5.26 Å². The monoisotopic (exact) mass is 217 g/mol. The third-order valence-electron chi connectivity index (χ3n) is 0.820. The number of nitrogens with zero attached hydrogens (tertiary/aromatic N) is 1. The van der Waals surface area contributed by atoms with Crippen molar-refractivity contribution in [2.75, 3.05) is 5.33 Å². The Bertz CT molecular complexity index is 195. The van der Waals surface area contributed by atoms with Gasteiger partial charge >= 0.3 is 5.97 Å². The van der Waals surface area contributed by atoms with Crippen LogP contribution in [0.4, 0.5) is 0 Å². The number of alkyl halides is 1. The number of hydrogen-bond donors (Lipinski definition) is 0. The normalized spacial score (nSPS) is 12.5. The Morgan fingerprint density at radius 3 is 2.91 bits per heavy atom. The van der Waals surface area contributed by atoms with Crippen molar-refractivity contribution in [2.45, 2.75) is 13.0 Å². The van der Waals surface area contributed by atoms with E-state index in [1.807, 2.05) is 6.07 Å². The lowest BCUT2D eigenvalue weighted by molar-refractivity contribution is -0.142. The number of nitriles is 1. The minimum atomic E-state index is -0.759. The van der Waals surface area contributed by atoms with Crippen LogP contribution in [-0.4, -0.2) is 17.4 Å². The molecule has 0 saturated carbocycles. The molecule has 0 rings (SSSR count). The molecule has 0 aliphatic rings. The number of carbonyl (C=O) groups is 1. The molecule has 1 atom stereocenters. The average Bonchev–Trinajstić information content (AvgIpc) is 1.97. The second-order valence-electron chi connectivity index (χ2n) is 1.74. The van der Waals surface area contributed by atoms with E-state index >= 15 is 0 Å². The van der Waals surface area contributed by atoms with Crippen LogP contribution in [0, 0.1) is 11.3 Å². The van der Waals surface area contributed by atoms with Gasteiger partial charge in [0.05, 0.1) is 0 Å². The van der Waals surface area contributed by atoms with Gasteiger partial charge in [-0.3, -0.25) is 4.79 Å². The van der Waals surface area contributed by atoms with Crippen LogP contribution < -0.4 is 0 Å². The van der Waals surface area contributed by atoms with Crippen LogP contribution in [-0.2, 0) is 9.53 Å². The van der Waals surface area contributed by atoms with E-state index in [2.05, 4.69) is 20.7 Å². The quantitative estimate of drug-likeness (QED) is 0.408. The van der Waals surface area contributed by atoms with Crippen LogP contribution in [0.3, 0.4) is 0 Å². The molecule has 60 valence electrons. The minimum Gasteiger partial charge on any atom is -0.443 e.